The van der Waals surface area contributed by atoms with Crippen LogP contribution in [0.5, 0.6) is 0 Å². The second kappa shape index (κ2) is 8.75. The Labute approximate surface area is 126 Å². The third-order valence-corrected chi connectivity index (χ3v) is 2.90. The van der Waals surface area contributed by atoms with Crippen LogP contribution in [0.3, 0.4) is 0 Å². The van der Waals surface area contributed by atoms with Crippen molar-refractivity contribution in [3.05, 3.63) is 35.9 Å². The minimum absolute atomic E-state index is 0. The maximum Gasteiger partial charge on any atom is 1.00 e. The van der Waals surface area contributed by atoms with Crippen LogP contribution in [-0.2, 0) is 25.4 Å². The van der Waals surface area contributed by atoms with E-state index in [1.54, 1.807) is 14.2 Å². The van der Waals surface area contributed by atoms with Gasteiger partial charge in [0.25, 0.3) is 0 Å². The number of hydrogen-bond acceptors (Lipinski definition) is 4. The third-order valence-electron chi connectivity index (χ3n) is 2.90. The molecule has 1 aliphatic rings. The first-order valence-corrected chi connectivity index (χ1v) is 6.07. The van der Waals surface area contributed by atoms with E-state index in [2.05, 4.69) is 6.07 Å². The topological polar surface area (TPSA) is 36.9 Å². The predicted molar refractivity (Wildman–Crippen MR) is 66.3 cm³/mol. The van der Waals surface area contributed by atoms with Gasteiger partial charge in [-0.2, -0.15) is 35.9 Å². The van der Waals surface area contributed by atoms with E-state index in [9.17, 15) is 0 Å². The van der Waals surface area contributed by atoms with Gasteiger partial charge in [-0.15, -0.1) is 0 Å². The summed E-state index contributed by atoms with van der Waals surface area (Å²) < 4.78 is 21.9. The van der Waals surface area contributed by atoms with E-state index in [-0.39, 0.29) is 37.4 Å². The summed E-state index contributed by atoms with van der Waals surface area (Å²) in [6, 6.07) is 10.9. The van der Waals surface area contributed by atoms with Gasteiger partial charge in [0.05, 0.1) is 13.2 Å². The molecule has 0 aliphatic carbocycles. The number of rotatable bonds is 6. The summed E-state index contributed by atoms with van der Waals surface area (Å²) in [7, 11) is 3.32. The quantitative estimate of drug-likeness (QED) is 0.457. The Morgan fingerprint density at radius 1 is 1.16 bits per heavy atom. The van der Waals surface area contributed by atoms with Crippen LogP contribution < -0.4 is 18.9 Å². The SMILES string of the molecule is COC[C@@H]1OC(Cc2c[c-]ccc2)O[C@H]1COC.[Li+]. The van der Waals surface area contributed by atoms with Crippen molar-refractivity contribution in [3.8, 4) is 0 Å². The summed E-state index contributed by atoms with van der Waals surface area (Å²) in [5, 5.41) is 0. The molecule has 19 heavy (non-hydrogen) atoms. The molecule has 0 amide bonds. The van der Waals surface area contributed by atoms with Gasteiger partial charge in [0.1, 0.15) is 12.2 Å². The molecule has 1 aromatic carbocycles. The van der Waals surface area contributed by atoms with E-state index in [0.29, 0.717) is 13.2 Å². The molecule has 0 radical (unpaired) electrons. The number of hydrogen-bond donors (Lipinski definition) is 0. The van der Waals surface area contributed by atoms with Crippen molar-refractivity contribution in [1.82, 2.24) is 0 Å². The molecule has 0 N–H and O–H groups in total. The van der Waals surface area contributed by atoms with Crippen LogP contribution >= 0.6 is 0 Å². The summed E-state index contributed by atoms with van der Waals surface area (Å²) in [5.41, 5.74) is 1.15. The molecule has 0 unspecified atom stereocenters. The third kappa shape index (κ3) is 4.92. The summed E-state index contributed by atoms with van der Waals surface area (Å²) in [6.45, 7) is 1.04. The molecule has 100 valence electrons. The Balaban J connectivity index is 0.00000180. The second-order valence-electron chi connectivity index (χ2n) is 4.31. The van der Waals surface area contributed by atoms with Gasteiger partial charge in [0.2, 0.25) is 0 Å². The molecule has 1 saturated heterocycles. The predicted octanol–water partition coefficient (Wildman–Crippen LogP) is -1.56. The van der Waals surface area contributed by atoms with Crippen molar-refractivity contribution in [3.63, 3.8) is 0 Å². The standard InChI is InChI=1S/C14H19O4.Li/c1-15-9-12-13(10-16-2)18-14(17-12)8-11-6-4-3-5-7-11;/h3-4,6-7,12-14H,8-10H2,1-2H3;/q-1;+1/t12-,13-;/m0./s1. The first-order chi connectivity index (χ1) is 8.83. The molecule has 2 atom stereocenters. The molecule has 5 heteroatoms. The Morgan fingerprint density at radius 3 is 2.26 bits per heavy atom. The van der Waals surface area contributed by atoms with Crippen LogP contribution in [0.2, 0.25) is 0 Å². The van der Waals surface area contributed by atoms with E-state index >= 15 is 0 Å². The molecule has 1 aliphatic heterocycles. The molecule has 1 fully saturated rings. The fourth-order valence-corrected chi connectivity index (χ4v) is 2.07. The van der Waals surface area contributed by atoms with Crippen LogP contribution in [0.4, 0.5) is 0 Å². The molecule has 1 heterocycles. The van der Waals surface area contributed by atoms with Gasteiger partial charge in [0.15, 0.2) is 6.29 Å². The first kappa shape index (κ1) is 16.7. The van der Waals surface area contributed by atoms with Crippen LogP contribution in [0.25, 0.3) is 0 Å². The van der Waals surface area contributed by atoms with Gasteiger partial charge in [-0.3, -0.25) is 0 Å². The second-order valence-corrected chi connectivity index (χ2v) is 4.31. The van der Waals surface area contributed by atoms with Crippen molar-refractivity contribution < 1.29 is 37.8 Å². The van der Waals surface area contributed by atoms with Crippen molar-refractivity contribution >= 4 is 0 Å². The van der Waals surface area contributed by atoms with Crippen LogP contribution in [0.1, 0.15) is 5.56 Å². The number of ether oxygens (including phenoxy) is 4. The number of methoxy groups -OCH3 is 2. The average Bonchev–Trinajstić information content (AvgIpc) is 2.74. The molecule has 1 aromatic rings. The maximum absolute atomic E-state index is 5.83. The van der Waals surface area contributed by atoms with Gasteiger partial charge >= 0.3 is 18.9 Å². The molecule has 2 rings (SSSR count). The summed E-state index contributed by atoms with van der Waals surface area (Å²) in [5.74, 6) is 0. The fourth-order valence-electron chi connectivity index (χ4n) is 2.07. The van der Waals surface area contributed by atoms with Crippen molar-refractivity contribution in [2.24, 2.45) is 0 Å². The zero-order valence-electron chi connectivity index (χ0n) is 11.8. The van der Waals surface area contributed by atoms with Gasteiger partial charge in [0, 0.05) is 14.2 Å². The van der Waals surface area contributed by atoms with Gasteiger partial charge < -0.3 is 18.9 Å². The van der Waals surface area contributed by atoms with E-state index in [4.69, 9.17) is 18.9 Å². The van der Waals surface area contributed by atoms with Gasteiger partial charge in [-0.1, -0.05) is 0 Å². The van der Waals surface area contributed by atoms with Crippen molar-refractivity contribution in [2.75, 3.05) is 27.4 Å². The zero-order valence-corrected chi connectivity index (χ0v) is 11.8. The monoisotopic (exact) mass is 258 g/mol. The van der Waals surface area contributed by atoms with E-state index < -0.39 is 0 Å². The fraction of sp³-hybridized carbons (Fsp3) is 0.571. The van der Waals surface area contributed by atoms with Crippen molar-refractivity contribution in [1.29, 1.82) is 0 Å². The molecule has 0 aromatic heterocycles. The van der Waals surface area contributed by atoms with Crippen molar-refractivity contribution in [2.45, 2.75) is 24.9 Å². The Kier molecular flexibility index (Phi) is 7.70. The van der Waals surface area contributed by atoms with E-state index in [1.165, 1.54) is 0 Å². The smallest absolute Gasteiger partial charge is 0.382 e. The minimum Gasteiger partial charge on any atom is -0.382 e. The molecule has 0 saturated carbocycles. The van der Waals surface area contributed by atoms with E-state index in [0.717, 1.165) is 12.0 Å². The molecular weight excluding hydrogens is 239 g/mol. The van der Waals surface area contributed by atoms with Crippen LogP contribution in [0.15, 0.2) is 24.3 Å². The Morgan fingerprint density at radius 2 is 1.79 bits per heavy atom. The normalized spacial score (nSPS) is 23.3. The van der Waals surface area contributed by atoms with Crippen LogP contribution in [-0.4, -0.2) is 45.9 Å². The van der Waals surface area contributed by atoms with Gasteiger partial charge in [-0.05, 0) is 6.42 Å². The summed E-state index contributed by atoms with van der Waals surface area (Å²) >= 11 is 0. The molecule has 0 bridgehead atoms. The summed E-state index contributed by atoms with van der Waals surface area (Å²) in [4.78, 5) is 0. The molecular formula is C14H19LiO4. The minimum atomic E-state index is -0.235. The maximum atomic E-state index is 5.83. The molecule has 0 spiro atoms. The Bertz CT molecular complexity index is 333. The average molecular weight is 258 g/mol. The molecule has 4 nitrogen and oxygen atoms in total. The zero-order chi connectivity index (χ0) is 12.8. The van der Waals surface area contributed by atoms with Gasteiger partial charge in [-0.25, -0.2) is 0 Å². The van der Waals surface area contributed by atoms with Crippen LogP contribution in [0, 0.1) is 6.07 Å². The largest absolute Gasteiger partial charge is 1.00 e. The Hall–Kier alpha value is -0.343. The first-order valence-electron chi connectivity index (χ1n) is 6.07. The summed E-state index contributed by atoms with van der Waals surface area (Å²) in [6.07, 6.45) is 0.360. The van der Waals surface area contributed by atoms with E-state index in [1.807, 2.05) is 24.3 Å². The number of benzene rings is 1.